The van der Waals surface area contributed by atoms with Crippen LogP contribution in [0.2, 0.25) is 0 Å². The van der Waals surface area contributed by atoms with Crippen LogP contribution in [0.15, 0.2) is 21.9 Å². The molecule has 64 valence electrons. The lowest BCUT2D eigenvalue weighted by molar-refractivity contribution is -0.152. The minimum atomic E-state index is -4.38. The molecule has 2 heterocycles. The van der Waals surface area contributed by atoms with Gasteiger partial charge in [0.15, 0.2) is 4.90 Å². The smallest absolute Gasteiger partial charge is 0.441 e. The van der Waals surface area contributed by atoms with Crippen molar-refractivity contribution in [3.63, 3.8) is 0 Å². The first kappa shape index (κ1) is 7.67. The second kappa shape index (κ2) is 2.26. The van der Waals surface area contributed by atoms with Gasteiger partial charge >= 0.3 is 6.18 Å². The van der Waals surface area contributed by atoms with Crippen LogP contribution in [0, 0.1) is 0 Å². The molecule has 0 fully saturated rings. The summed E-state index contributed by atoms with van der Waals surface area (Å²) < 4.78 is 40.6. The summed E-state index contributed by atoms with van der Waals surface area (Å²) in [5, 5.41) is 2.20. The average molecular weight is 192 g/mol. The molecule has 0 spiro atoms. The number of furan rings is 1. The van der Waals surface area contributed by atoms with E-state index in [9.17, 15) is 13.2 Å². The van der Waals surface area contributed by atoms with Crippen molar-refractivity contribution in [2.45, 2.75) is 6.18 Å². The fraction of sp³-hybridized carbons (Fsp3) is 0.143. The van der Waals surface area contributed by atoms with Gasteiger partial charge in [0.25, 0.3) is 0 Å². The Bertz CT molecular complexity index is 369. The van der Waals surface area contributed by atoms with Gasteiger partial charge in [-0.15, -0.1) is 11.3 Å². The molecule has 2 rings (SSSR count). The van der Waals surface area contributed by atoms with E-state index in [0.29, 0.717) is 10.3 Å². The Labute approximate surface area is 69.4 Å². The third kappa shape index (κ3) is 1.10. The van der Waals surface area contributed by atoms with E-state index in [4.69, 9.17) is 0 Å². The molecule has 0 aromatic carbocycles. The molecule has 0 saturated carbocycles. The normalized spacial score (nSPS) is 12.6. The lowest BCUT2D eigenvalue weighted by Gasteiger charge is -1.98. The Balaban J connectivity index is 2.59. The maximum atomic E-state index is 12.0. The molecule has 0 aliphatic rings. The summed E-state index contributed by atoms with van der Waals surface area (Å²) in [7, 11) is 0. The summed E-state index contributed by atoms with van der Waals surface area (Å²) in [5.41, 5.74) is 0. The van der Waals surface area contributed by atoms with Gasteiger partial charge in [-0.1, -0.05) is 0 Å². The van der Waals surface area contributed by atoms with E-state index in [2.05, 4.69) is 4.42 Å². The highest BCUT2D eigenvalue weighted by atomic mass is 32.1. The number of halogens is 3. The van der Waals surface area contributed by atoms with E-state index in [-0.39, 0.29) is 0 Å². The molecule has 2 aromatic rings. The lowest BCUT2D eigenvalue weighted by atomic mass is 10.3. The molecule has 5 heteroatoms. The van der Waals surface area contributed by atoms with Gasteiger partial charge in [0.05, 0.1) is 0 Å². The molecule has 0 aliphatic carbocycles. The van der Waals surface area contributed by atoms with Gasteiger partial charge in [-0.3, -0.25) is 0 Å². The van der Waals surface area contributed by atoms with Crippen LogP contribution in [0.1, 0.15) is 5.76 Å². The fourth-order valence-corrected chi connectivity index (χ4v) is 1.64. The van der Waals surface area contributed by atoms with Crippen molar-refractivity contribution in [2.75, 3.05) is 0 Å². The molecule has 0 radical (unpaired) electrons. The highest BCUT2D eigenvalue weighted by Crippen LogP contribution is 2.35. The number of rotatable bonds is 0. The van der Waals surface area contributed by atoms with E-state index in [1.54, 1.807) is 11.4 Å². The zero-order valence-corrected chi connectivity index (χ0v) is 6.50. The summed E-state index contributed by atoms with van der Waals surface area (Å²) in [6.07, 6.45) is -4.38. The van der Waals surface area contributed by atoms with E-state index < -0.39 is 11.9 Å². The molecule has 1 nitrogen and oxygen atoms in total. The standard InChI is InChI=1S/C7H3F3OS/c8-7(9,10)5-3-4-1-2-12-6(4)11-5/h1-3H. The number of hydrogen-bond acceptors (Lipinski definition) is 2. The van der Waals surface area contributed by atoms with E-state index in [1.807, 2.05) is 0 Å². The number of fused-ring (bicyclic) bond motifs is 1. The Hall–Kier alpha value is -0.970. The molecule has 0 bridgehead atoms. The van der Waals surface area contributed by atoms with Crippen molar-refractivity contribution in [2.24, 2.45) is 0 Å². The first-order valence-electron chi connectivity index (χ1n) is 3.11. The van der Waals surface area contributed by atoms with Crippen molar-refractivity contribution in [1.29, 1.82) is 0 Å². The summed E-state index contributed by atoms with van der Waals surface area (Å²) >= 11 is 1.16. The van der Waals surface area contributed by atoms with Crippen molar-refractivity contribution >= 4 is 21.6 Å². The Kier molecular flexibility index (Phi) is 1.44. The summed E-state index contributed by atoms with van der Waals surface area (Å²) in [6, 6.07) is 2.60. The van der Waals surface area contributed by atoms with Crippen molar-refractivity contribution in [1.82, 2.24) is 0 Å². The van der Waals surface area contributed by atoms with E-state index >= 15 is 0 Å². The monoisotopic (exact) mass is 192 g/mol. The lowest BCUT2D eigenvalue weighted by Crippen LogP contribution is -2.01. The molecule has 0 unspecified atom stereocenters. The highest BCUT2D eigenvalue weighted by molar-refractivity contribution is 7.16. The van der Waals surface area contributed by atoms with Crippen LogP contribution in [0.3, 0.4) is 0 Å². The number of hydrogen-bond donors (Lipinski definition) is 0. The summed E-state index contributed by atoms with van der Waals surface area (Å²) in [6.45, 7) is 0. The molecular weight excluding hydrogens is 189 g/mol. The Morgan fingerprint density at radius 1 is 1.33 bits per heavy atom. The first-order valence-corrected chi connectivity index (χ1v) is 3.99. The Morgan fingerprint density at radius 3 is 2.67 bits per heavy atom. The first-order chi connectivity index (χ1) is 5.57. The van der Waals surface area contributed by atoms with Crippen LogP contribution >= 0.6 is 11.3 Å². The maximum Gasteiger partial charge on any atom is 0.449 e. The second-order valence-corrected chi connectivity index (χ2v) is 3.15. The maximum absolute atomic E-state index is 12.0. The topological polar surface area (TPSA) is 13.1 Å². The molecule has 0 saturated heterocycles. The Morgan fingerprint density at radius 2 is 2.08 bits per heavy atom. The van der Waals surface area contributed by atoms with Crippen molar-refractivity contribution in [3.05, 3.63) is 23.3 Å². The van der Waals surface area contributed by atoms with Gasteiger partial charge in [0.1, 0.15) is 0 Å². The zero-order valence-electron chi connectivity index (χ0n) is 5.68. The average Bonchev–Trinajstić information content (AvgIpc) is 2.37. The van der Waals surface area contributed by atoms with Crippen LogP contribution in [0.4, 0.5) is 13.2 Å². The van der Waals surface area contributed by atoms with Gasteiger partial charge < -0.3 is 4.42 Å². The van der Waals surface area contributed by atoms with Crippen LogP contribution in [-0.2, 0) is 6.18 Å². The van der Waals surface area contributed by atoms with Crippen LogP contribution in [0.5, 0.6) is 0 Å². The largest absolute Gasteiger partial charge is 0.449 e. The minimum Gasteiger partial charge on any atom is -0.441 e. The van der Waals surface area contributed by atoms with Crippen LogP contribution < -0.4 is 0 Å². The van der Waals surface area contributed by atoms with Gasteiger partial charge in [0.2, 0.25) is 5.76 Å². The summed E-state index contributed by atoms with van der Waals surface area (Å²) in [5.74, 6) is -0.927. The molecule has 2 aromatic heterocycles. The predicted molar refractivity (Wildman–Crippen MR) is 39.1 cm³/mol. The molecule has 0 atom stereocenters. The molecule has 0 amide bonds. The molecular formula is C7H3F3OS. The van der Waals surface area contributed by atoms with Crippen molar-refractivity contribution in [3.8, 4) is 0 Å². The van der Waals surface area contributed by atoms with Gasteiger partial charge in [-0.2, -0.15) is 13.2 Å². The van der Waals surface area contributed by atoms with Crippen LogP contribution in [-0.4, -0.2) is 0 Å². The fourth-order valence-electron chi connectivity index (χ4n) is 0.905. The third-order valence-corrected chi connectivity index (χ3v) is 2.23. The number of thiophene rings is 1. The number of alkyl halides is 3. The van der Waals surface area contributed by atoms with Crippen molar-refractivity contribution < 1.29 is 17.6 Å². The highest BCUT2D eigenvalue weighted by Gasteiger charge is 2.35. The van der Waals surface area contributed by atoms with Gasteiger partial charge in [-0.05, 0) is 17.5 Å². The molecule has 0 N–H and O–H groups in total. The van der Waals surface area contributed by atoms with Gasteiger partial charge in [-0.25, -0.2) is 0 Å². The van der Waals surface area contributed by atoms with Gasteiger partial charge in [0, 0.05) is 5.39 Å². The molecule has 12 heavy (non-hydrogen) atoms. The van der Waals surface area contributed by atoms with E-state index in [1.165, 1.54) is 0 Å². The zero-order chi connectivity index (χ0) is 8.77. The quantitative estimate of drug-likeness (QED) is 0.622. The molecule has 0 aliphatic heterocycles. The SMILES string of the molecule is FC(F)(F)c1cc2ccsc2o1. The minimum absolute atomic E-state index is 0.322. The summed E-state index contributed by atoms with van der Waals surface area (Å²) in [4.78, 5) is 0.322. The van der Waals surface area contributed by atoms with Crippen LogP contribution in [0.25, 0.3) is 10.3 Å². The van der Waals surface area contributed by atoms with E-state index in [0.717, 1.165) is 17.4 Å². The third-order valence-electron chi connectivity index (χ3n) is 1.43. The second-order valence-electron chi connectivity index (χ2n) is 2.27. The predicted octanol–water partition coefficient (Wildman–Crippen LogP) is 3.51.